The lowest BCUT2D eigenvalue weighted by molar-refractivity contribution is -0.122. The molecule has 3 aromatic rings. The molecule has 1 N–H and O–H groups in total. The largest absolute Gasteiger partial charge is 0.322 e. The van der Waals surface area contributed by atoms with E-state index in [4.69, 9.17) is 0 Å². The molecule has 1 unspecified atom stereocenters. The highest BCUT2D eigenvalue weighted by atomic mass is 19.1. The summed E-state index contributed by atoms with van der Waals surface area (Å²) in [4.78, 5) is 15.1. The molecule has 0 aromatic heterocycles. The van der Waals surface area contributed by atoms with Crippen LogP contribution in [0.25, 0.3) is 0 Å². The number of nitrogens with zero attached hydrogens (tertiary/aromatic N) is 1. The number of carbonyl (C=O) groups excluding carboxylic acids is 1. The van der Waals surface area contributed by atoms with Gasteiger partial charge in [-0.2, -0.15) is 0 Å². The van der Waals surface area contributed by atoms with Crippen molar-refractivity contribution in [3.8, 4) is 0 Å². The minimum Gasteiger partial charge on any atom is -0.322 e. The van der Waals surface area contributed by atoms with Crippen LogP contribution in [0.4, 0.5) is 14.5 Å². The molecule has 5 heteroatoms. The second-order valence-corrected chi connectivity index (χ2v) is 6.99. The van der Waals surface area contributed by atoms with Gasteiger partial charge in [0.15, 0.2) is 0 Å². The number of halogens is 2. The lowest BCUT2D eigenvalue weighted by Gasteiger charge is -2.36. The fourth-order valence-electron chi connectivity index (χ4n) is 3.63. The molecule has 0 spiro atoms. The molecule has 1 aliphatic rings. The van der Waals surface area contributed by atoms with Crippen molar-refractivity contribution in [2.45, 2.75) is 25.6 Å². The molecule has 28 heavy (non-hydrogen) atoms. The van der Waals surface area contributed by atoms with Crippen molar-refractivity contribution in [2.75, 3.05) is 5.32 Å². The average Bonchev–Trinajstić information content (AvgIpc) is 2.70. The molecule has 0 fully saturated rings. The van der Waals surface area contributed by atoms with E-state index < -0.39 is 17.7 Å². The van der Waals surface area contributed by atoms with Gasteiger partial charge in [0.1, 0.15) is 11.6 Å². The fourth-order valence-corrected chi connectivity index (χ4v) is 3.63. The maximum atomic E-state index is 14.0. The first-order valence-corrected chi connectivity index (χ1v) is 9.21. The van der Waals surface area contributed by atoms with Crippen molar-refractivity contribution in [3.05, 3.63) is 101 Å². The predicted octanol–water partition coefficient (Wildman–Crippen LogP) is 4.53. The molecule has 3 aromatic carbocycles. The first-order valence-electron chi connectivity index (χ1n) is 9.21. The van der Waals surface area contributed by atoms with Crippen LogP contribution in [-0.4, -0.2) is 16.8 Å². The quantitative estimate of drug-likeness (QED) is 0.723. The van der Waals surface area contributed by atoms with Gasteiger partial charge >= 0.3 is 0 Å². The van der Waals surface area contributed by atoms with Crippen molar-refractivity contribution >= 4 is 11.6 Å². The summed E-state index contributed by atoms with van der Waals surface area (Å²) in [6.07, 6.45) is 0.539. The van der Waals surface area contributed by atoms with Crippen LogP contribution in [0.5, 0.6) is 0 Å². The van der Waals surface area contributed by atoms with Crippen LogP contribution in [0.15, 0.2) is 72.8 Å². The summed E-state index contributed by atoms with van der Waals surface area (Å²) in [5, 5.41) is 2.63. The molecule has 1 atom stereocenters. The van der Waals surface area contributed by atoms with Crippen molar-refractivity contribution < 1.29 is 13.6 Å². The van der Waals surface area contributed by atoms with Gasteiger partial charge in [-0.25, -0.2) is 8.78 Å². The SMILES string of the molecule is O=C(Nc1ccc(F)cc1F)C1Cc2ccccc2CN1Cc1ccccc1. The molecule has 0 radical (unpaired) electrons. The van der Waals surface area contributed by atoms with Gasteiger partial charge in [-0.3, -0.25) is 9.69 Å². The smallest absolute Gasteiger partial charge is 0.242 e. The van der Waals surface area contributed by atoms with Crippen molar-refractivity contribution in [2.24, 2.45) is 0 Å². The van der Waals surface area contributed by atoms with E-state index in [1.165, 1.54) is 11.6 Å². The van der Waals surface area contributed by atoms with E-state index in [2.05, 4.69) is 16.3 Å². The average molecular weight is 378 g/mol. The van der Waals surface area contributed by atoms with Gasteiger partial charge in [0, 0.05) is 19.2 Å². The summed E-state index contributed by atoms with van der Waals surface area (Å²) in [6.45, 7) is 1.24. The predicted molar refractivity (Wildman–Crippen MR) is 105 cm³/mol. The summed E-state index contributed by atoms with van der Waals surface area (Å²) >= 11 is 0. The molecule has 0 aliphatic carbocycles. The highest BCUT2D eigenvalue weighted by molar-refractivity contribution is 5.95. The fraction of sp³-hybridized carbons (Fsp3) is 0.174. The maximum Gasteiger partial charge on any atom is 0.242 e. The van der Waals surface area contributed by atoms with Gasteiger partial charge in [0.05, 0.1) is 11.7 Å². The Morgan fingerprint density at radius 3 is 2.43 bits per heavy atom. The van der Waals surface area contributed by atoms with Crippen LogP contribution < -0.4 is 5.32 Å². The number of hydrogen-bond donors (Lipinski definition) is 1. The lowest BCUT2D eigenvalue weighted by atomic mass is 9.93. The second-order valence-electron chi connectivity index (χ2n) is 6.99. The number of fused-ring (bicyclic) bond motifs is 1. The summed E-state index contributed by atoms with van der Waals surface area (Å²) in [5.41, 5.74) is 3.40. The van der Waals surface area contributed by atoms with Crippen LogP contribution in [-0.2, 0) is 24.3 Å². The number of amides is 1. The number of rotatable bonds is 4. The van der Waals surface area contributed by atoms with Crippen molar-refractivity contribution in [1.29, 1.82) is 0 Å². The monoisotopic (exact) mass is 378 g/mol. The normalized spacial score (nSPS) is 16.4. The van der Waals surface area contributed by atoms with Crippen molar-refractivity contribution in [3.63, 3.8) is 0 Å². The zero-order valence-electron chi connectivity index (χ0n) is 15.2. The van der Waals surface area contributed by atoms with Crippen LogP contribution in [0.1, 0.15) is 16.7 Å². The Bertz CT molecular complexity index is 991. The summed E-state index contributed by atoms with van der Waals surface area (Å²) < 4.78 is 27.1. The zero-order valence-corrected chi connectivity index (χ0v) is 15.2. The Balaban J connectivity index is 1.60. The van der Waals surface area contributed by atoms with Gasteiger partial charge in [0.25, 0.3) is 0 Å². The highest BCUT2D eigenvalue weighted by Crippen LogP contribution is 2.26. The molecule has 0 saturated carbocycles. The van der Waals surface area contributed by atoms with Crippen LogP contribution in [0.3, 0.4) is 0 Å². The minimum atomic E-state index is -0.779. The second kappa shape index (κ2) is 7.90. The molecular weight excluding hydrogens is 358 g/mol. The number of carbonyl (C=O) groups is 1. The number of hydrogen-bond acceptors (Lipinski definition) is 2. The van der Waals surface area contributed by atoms with E-state index in [1.807, 2.05) is 48.5 Å². The molecular formula is C23H20F2N2O. The van der Waals surface area contributed by atoms with Gasteiger partial charge < -0.3 is 5.32 Å². The standard InChI is InChI=1S/C23H20F2N2O/c24-19-10-11-21(20(25)13-19)26-23(28)22-12-17-8-4-5-9-18(17)15-27(22)14-16-6-2-1-3-7-16/h1-11,13,22H,12,14-15H2,(H,26,28). The Hall–Kier alpha value is -3.05. The van der Waals surface area contributed by atoms with Crippen LogP contribution >= 0.6 is 0 Å². The summed E-state index contributed by atoms with van der Waals surface area (Å²) in [6, 6.07) is 20.7. The van der Waals surface area contributed by atoms with E-state index >= 15 is 0 Å². The van der Waals surface area contributed by atoms with E-state index in [1.54, 1.807) is 0 Å². The van der Waals surface area contributed by atoms with E-state index in [9.17, 15) is 13.6 Å². The molecule has 1 aliphatic heterocycles. The summed E-state index contributed by atoms with van der Waals surface area (Å²) in [7, 11) is 0. The first kappa shape index (κ1) is 18.3. The molecule has 4 rings (SSSR count). The number of nitrogens with one attached hydrogen (secondary N) is 1. The highest BCUT2D eigenvalue weighted by Gasteiger charge is 2.31. The minimum absolute atomic E-state index is 0.00933. The lowest BCUT2D eigenvalue weighted by Crippen LogP contribution is -2.47. The van der Waals surface area contributed by atoms with E-state index in [0.29, 0.717) is 19.5 Å². The third kappa shape index (κ3) is 3.94. The first-order chi connectivity index (χ1) is 13.6. The molecule has 142 valence electrons. The molecule has 1 heterocycles. The molecule has 3 nitrogen and oxygen atoms in total. The van der Waals surface area contributed by atoms with Gasteiger partial charge in [0.2, 0.25) is 5.91 Å². The van der Waals surface area contributed by atoms with Gasteiger partial charge in [-0.15, -0.1) is 0 Å². The van der Waals surface area contributed by atoms with Gasteiger partial charge in [-0.05, 0) is 35.2 Å². The third-order valence-corrected chi connectivity index (χ3v) is 5.07. The number of benzene rings is 3. The third-order valence-electron chi connectivity index (χ3n) is 5.07. The molecule has 1 amide bonds. The molecule has 0 bridgehead atoms. The van der Waals surface area contributed by atoms with Crippen LogP contribution in [0.2, 0.25) is 0 Å². The topological polar surface area (TPSA) is 32.3 Å². The van der Waals surface area contributed by atoms with E-state index in [-0.39, 0.29) is 11.6 Å². The van der Waals surface area contributed by atoms with Gasteiger partial charge in [-0.1, -0.05) is 54.6 Å². The van der Waals surface area contributed by atoms with E-state index in [0.717, 1.165) is 23.3 Å². The maximum absolute atomic E-state index is 14.0. The van der Waals surface area contributed by atoms with Crippen molar-refractivity contribution in [1.82, 2.24) is 4.90 Å². The van der Waals surface area contributed by atoms with Crippen LogP contribution in [0, 0.1) is 11.6 Å². The number of anilines is 1. The summed E-state index contributed by atoms with van der Waals surface area (Å²) in [5.74, 6) is -1.75. The Morgan fingerprint density at radius 2 is 1.68 bits per heavy atom. The Kier molecular flexibility index (Phi) is 5.17. The molecule has 0 saturated heterocycles. The zero-order chi connectivity index (χ0) is 19.5. The Labute approximate surface area is 162 Å². The Morgan fingerprint density at radius 1 is 0.964 bits per heavy atom.